The van der Waals surface area contributed by atoms with Crippen LogP contribution in [0.2, 0.25) is 0 Å². The second kappa shape index (κ2) is 5.30. The van der Waals surface area contributed by atoms with E-state index in [1.807, 2.05) is 0 Å². The number of carbonyl (C=O) groups is 2. The first kappa shape index (κ1) is 16.6. The summed E-state index contributed by atoms with van der Waals surface area (Å²) in [6.07, 6.45) is 10.0. The van der Waals surface area contributed by atoms with Gasteiger partial charge in [0.15, 0.2) is 5.78 Å². The molecule has 0 amide bonds. The van der Waals surface area contributed by atoms with Gasteiger partial charge in [0.1, 0.15) is 5.78 Å². The topological polar surface area (TPSA) is 34.1 Å². The Labute approximate surface area is 149 Å². The highest BCUT2D eigenvalue weighted by molar-refractivity contribution is 6.32. The van der Waals surface area contributed by atoms with Crippen LogP contribution >= 0.6 is 11.6 Å². The summed E-state index contributed by atoms with van der Waals surface area (Å²) in [6.45, 7) is 6.42. The second-order valence-corrected chi connectivity index (χ2v) is 9.44. The van der Waals surface area contributed by atoms with Crippen molar-refractivity contribution in [1.29, 1.82) is 0 Å². The number of carbonyl (C=O) groups excluding carboxylic acids is 2. The molecular formula is C21H27ClO2. The van der Waals surface area contributed by atoms with Gasteiger partial charge in [-0.05, 0) is 79.3 Å². The SMILES string of the molecule is CC(=O)[C@H]1CC[C@H]2[C@@H]3C=C(Cl)C4=CC(=O)CC[C@]4(C)[C@H]3CC[C@]12C. The fourth-order valence-electron chi connectivity index (χ4n) is 6.74. The van der Waals surface area contributed by atoms with E-state index >= 15 is 0 Å². The lowest BCUT2D eigenvalue weighted by Gasteiger charge is -2.56. The molecule has 0 N–H and O–H groups in total. The van der Waals surface area contributed by atoms with Crippen LogP contribution in [0.1, 0.15) is 59.3 Å². The molecule has 0 aromatic heterocycles. The van der Waals surface area contributed by atoms with E-state index in [0.717, 1.165) is 42.7 Å². The molecule has 4 rings (SSSR count). The fraction of sp³-hybridized carbons (Fsp3) is 0.714. The van der Waals surface area contributed by atoms with Crippen molar-refractivity contribution in [3.63, 3.8) is 0 Å². The minimum atomic E-state index is 0.0278. The van der Waals surface area contributed by atoms with Crippen LogP contribution in [0.4, 0.5) is 0 Å². The molecule has 4 aliphatic carbocycles. The maximum absolute atomic E-state index is 12.2. The van der Waals surface area contributed by atoms with E-state index in [9.17, 15) is 9.59 Å². The van der Waals surface area contributed by atoms with Gasteiger partial charge in [0.05, 0.1) is 0 Å². The molecule has 2 saturated carbocycles. The van der Waals surface area contributed by atoms with Crippen LogP contribution in [-0.2, 0) is 9.59 Å². The number of Topliss-reactive ketones (excluding diaryl/α,β-unsaturated/α-hetero) is 1. The van der Waals surface area contributed by atoms with Crippen molar-refractivity contribution < 1.29 is 9.59 Å². The molecular weight excluding hydrogens is 320 g/mol. The molecule has 2 nitrogen and oxygen atoms in total. The number of hydrogen-bond acceptors (Lipinski definition) is 2. The zero-order valence-corrected chi connectivity index (χ0v) is 15.7. The van der Waals surface area contributed by atoms with Gasteiger partial charge < -0.3 is 0 Å². The van der Waals surface area contributed by atoms with E-state index in [-0.39, 0.29) is 22.5 Å². The summed E-state index contributed by atoms with van der Waals surface area (Å²) >= 11 is 6.67. The Hall–Kier alpha value is -0.890. The van der Waals surface area contributed by atoms with Crippen molar-refractivity contribution >= 4 is 23.2 Å². The Morgan fingerprint density at radius 3 is 2.62 bits per heavy atom. The highest BCUT2D eigenvalue weighted by atomic mass is 35.5. The van der Waals surface area contributed by atoms with Crippen LogP contribution in [0.3, 0.4) is 0 Å². The number of ketones is 2. The highest BCUT2D eigenvalue weighted by Crippen LogP contribution is 2.66. The van der Waals surface area contributed by atoms with Gasteiger partial charge in [-0.3, -0.25) is 9.59 Å². The lowest BCUT2D eigenvalue weighted by Crippen LogP contribution is -2.50. The first-order valence-corrected chi connectivity index (χ1v) is 9.78. The second-order valence-electron chi connectivity index (χ2n) is 9.03. The van der Waals surface area contributed by atoms with Crippen LogP contribution in [0.5, 0.6) is 0 Å². The van der Waals surface area contributed by atoms with E-state index in [1.165, 1.54) is 0 Å². The molecule has 130 valence electrons. The van der Waals surface area contributed by atoms with Crippen LogP contribution in [0.25, 0.3) is 0 Å². The Bertz CT molecular complexity index is 675. The van der Waals surface area contributed by atoms with Gasteiger partial charge in [0.25, 0.3) is 0 Å². The van der Waals surface area contributed by atoms with E-state index in [0.29, 0.717) is 30.0 Å². The van der Waals surface area contributed by atoms with Gasteiger partial charge in [-0.25, -0.2) is 0 Å². The van der Waals surface area contributed by atoms with Crippen LogP contribution < -0.4 is 0 Å². The predicted octanol–water partition coefficient (Wildman–Crippen LogP) is 5.07. The van der Waals surface area contributed by atoms with Crippen molar-refractivity contribution in [1.82, 2.24) is 0 Å². The van der Waals surface area contributed by atoms with Crippen LogP contribution in [0, 0.1) is 34.5 Å². The monoisotopic (exact) mass is 346 g/mol. The summed E-state index contributed by atoms with van der Waals surface area (Å²) in [4.78, 5) is 24.1. The minimum absolute atomic E-state index is 0.0278. The Balaban J connectivity index is 1.77. The number of rotatable bonds is 1. The molecule has 4 aliphatic rings. The van der Waals surface area contributed by atoms with Gasteiger partial charge in [-0.2, -0.15) is 0 Å². The lowest BCUT2D eigenvalue weighted by atomic mass is 9.48. The summed E-state index contributed by atoms with van der Waals surface area (Å²) in [7, 11) is 0. The summed E-state index contributed by atoms with van der Waals surface area (Å²) in [5.41, 5.74) is 1.23. The molecule has 24 heavy (non-hydrogen) atoms. The largest absolute Gasteiger partial charge is 0.300 e. The fourth-order valence-corrected chi connectivity index (χ4v) is 7.16. The maximum atomic E-state index is 12.2. The predicted molar refractivity (Wildman–Crippen MR) is 95.6 cm³/mol. The molecule has 0 unspecified atom stereocenters. The molecule has 3 heteroatoms. The molecule has 0 saturated heterocycles. The van der Waals surface area contributed by atoms with E-state index < -0.39 is 0 Å². The first-order valence-electron chi connectivity index (χ1n) is 9.40. The summed E-state index contributed by atoms with van der Waals surface area (Å²) in [5.74, 6) is 2.35. The molecule has 0 spiro atoms. The number of halogens is 1. The Kier molecular flexibility index (Phi) is 3.66. The van der Waals surface area contributed by atoms with E-state index in [1.54, 1.807) is 13.0 Å². The maximum Gasteiger partial charge on any atom is 0.156 e. The third-order valence-electron chi connectivity index (χ3n) is 8.05. The van der Waals surface area contributed by atoms with Gasteiger partial charge in [-0.1, -0.05) is 31.5 Å². The van der Waals surface area contributed by atoms with Crippen molar-refractivity contribution in [2.75, 3.05) is 0 Å². The molecule has 0 heterocycles. The van der Waals surface area contributed by atoms with Gasteiger partial charge in [0.2, 0.25) is 0 Å². The molecule has 0 aliphatic heterocycles. The van der Waals surface area contributed by atoms with Crippen LogP contribution in [0.15, 0.2) is 22.8 Å². The van der Waals surface area contributed by atoms with Crippen molar-refractivity contribution in [2.45, 2.75) is 59.3 Å². The molecule has 0 aromatic carbocycles. The molecule has 0 aromatic rings. The smallest absolute Gasteiger partial charge is 0.156 e. The van der Waals surface area contributed by atoms with Crippen molar-refractivity contribution in [2.24, 2.45) is 34.5 Å². The van der Waals surface area contributed by atoms with Gasteiger partial charge in [-0.15, -0.1) is 0 Å². The Morgan fingerprint density at radius 2 is 1.92 bits per heavy atom. The standard InChI is InChI=1S/C21H27ClO2/c1-12(23)15-4-5-16-14-11-19(22)18-10-13(24)6-8-21(18,3)17(14)7-9-20(15,16)2/h10-11,14-17H,4-9H2,1-3H3/t14-,15+,16-,17-,20+,21+/m0/s1. The zero-order chi connectivity index (χ0) is 17.3. The number of allylic oxidation sites excluding steroid dienone is 4. The van der Waals surface area contributed by atoms with Gasteiger partial charge >= 0.3 is 0 Å². The summed E-state index contributed by atoms with van der Waals surface area (Å²) in [6, 6.07) is 0. The Morgan fingerprint density at radius 1 is 1.17 bits per heavy atom. The van der Waals surface area contributed by atoms with Crippen molar-refractivity contribution in [3.8, 4) is 0 Å². The third-order valence-corrected chi connectivity index (χ3v) is 8.38. The van der Waals surface area contributed by atoms with Crippen molar-refractivity contribution in [3.05, 3.63) is 22.8 Å². The van der Waals surface area contributed by atoms with Crippen LogP contribution in [-0.4, -0.2) is 11.6 Å². The summed E-state index contributed by atoms with van der Waals surface area (Å²) < 4.78 is 0. The highest BCUT2D eigenvalue weighted by Gasteiger charge is 2.59. The lowest BCUT2D eigenvalue weighted by molar-refractivity contribution is -0.127. The zero-order valence-electron chi connectivity index (χ0n) is 14.9. The quantitative estimate of drug-likeness (QED) is 0.664. The number of hydrogen-bond donors (Lipinski definition) is 0. The van der Waals surface area contributed by atoms with E-state index in [2.05, 4.69) is 19.9 Å². The van der Waals surface area contributed by atoms with Gasteiger partial charge in [0, 0.05) is 17.4 Å². The molecule has 0 radical (unpaired) electrons. The normalized spacial score (nSPS) is 47.2. The average molecular weight is 347 g/mol. The molecule has 2 fully saturated rings. The minimum Gasteiger partial charge on any atom is -0.300 e. The summed E-state index contributed by atoms with van der Waals surface area (Å²) in [5, 5.41) is 0.794. The number of fused-ring (bicyclic) bond motifs is 5. The average Bonchev–Trinajstić information content (AvgIpc) is 2.87. The third kappa shape index (κ3) is 2.08. The first-order chi connectivity index (χ1) is 11.3. The van der Waals surface area contributed by atoms with E-state index in [4.69, 9.17) is 11.6 Å². The molecule has 0 bridgehead atoms. The molecule has 6 atom stereocenters.